The maximum absolute atomic E-state index is 5.26. The van der Waals surface area contributed by atoms with Gasteiger partial charge in [0.15, 0.2) is 5.82 Å². The molecule has 0 amide bonds. The lowest BCUT2D eigenvalue weighted by molar-refractivity contribution is 0.341. The van der Waals surface area contributed by atoms with Crippen molar-refractivity contribution in [2.24, 2.45) is 5.92 Å². The Morgan fingerprint density at radius 2 is 2.25 bits per heavy atom. The van der Waals surface area contributed by atoms with Crippen LogP contribution in [0.3, 0.4) is 0 Å². The normalized spacial score (nSPS) is 17.8. The third-order valence-electron chi connectivity index (χ3n) is 2.85. The van der Waals surface area contributed by atoms with E-state index in [1.54, 1.807) is 0 Å². The molecule has 1 aliphatic heterocycles. The Bertz CT molecular complexity index is 310. The SMILES string of the molecule is CCNCc1noc(CC2CCSCC2)n1. The highest BCUT2D eigenvalue weighted by Gasteiger charge is 2.17. The lowest BCUT2D eigenvalue weighted by Crippen LogP contribution is -2.14. The van der Waals surface area contributed by atoms with Gasteiger partial charge in [-0.2, -0.15) is 16.7 Å². The molecule has 0 radical (unpaired) electrons. The number of nitrogens with one attached hydrogen (secondary N) is 1. The molecule has 0 bridgehead atoms. The van der Waals surface area contributed by atoms with E-state index in [0.29, 0.717) is 6.54 Å². The molecular weight excluding hydrogens is 222 g/mol. The van der Waals surface area contributed by atoms with E-state index in [4.69, 9.17) is 4.52 Å². The van der Waals surface area contributed by atoms with Crippen LogP contribution in [-0.2, 0) is 13.0 Å². The second-order valence-electron chi connectivity index (χ2n) is 4.14. The van der Waals surface area contributed by atoms with Crippen molar-refractivity contribution in [3.8, 4) is 0 Å². The van der Waals surface area contributed by atoms with Crippen molar-refractivity contribution in [3.63, 3.8) is 0 Å². The van der Waals surface area contributed by atoms with Crippen LogP contribution in [0.4, 0.5) is 0 Å². The first kappa shape index (κ1) is 11.9. The zero-order valence-corrected chi connectivity index (χ0v) is 10.6. The molecule has 1 saturated heterocycles. The molecule has 5 heteroatoms. The number of aromatic nitrogens is 2. The fourth-order valence-electron chi connectivity index (χ4n) is 1.88. The second-order valence-corrected chi connectivity index (χ2v) is 5.37. The Morgan fingerprint density at radius 3 is 3.00 bits per heavy atom. The number of hydrogen-bond acceptors (Lipinski definition) is 5. The highest BCUT2D eigenvalue weighted by atomic mass is 32.2. The standard InChI is InChI=1S/C11H19N3OS/c1-2-12-8-10-13-11(15-14-10)7-9-3-5-16-6-4-9/h9,12H,2-8H2,1H3. The van der Waals surface area contributed by atoms with Gasteiger partial charge in [0.2, 0.25) is 5.89 Å². The summed E-state index contributed by atoms with van der Waals surface area (Å²) in [4.78, 5) is 4.39. The summed E-state index contributed by atoms with van der Waals surface area (Å²) in [7, 11) is 0. The number of rotatable bonds is 5. The molecule has 1 aromatic heterocycles. The molecule has 1 fully saturated rings. The predicted octanol–water partition coefficient (Wildman–Crippen LogP) is 1.86. The maximum Gasteiger partial charge on any atom is 0.226 e. The van der Waals surface area contributed by atoms with Gasteiger partial charge in [-0.15, -0.1) is 0 Å². The summed E-state index contributed by atoms with van der Waals surface area (Å²) < 4.78 is 5.26. The van der Waals surface area contributed by atoms with Crippen molar-refractivity contribution >= 4 is 11.8 Å². The largest absolute Gasteiger partial charge is 0.339 e. The van der Waals surface area contributed by atoms with Crippen molar-refractivity contribution < 1.29 is 4.52 Å². The molecule has 0 aromatic carbocycles. The van der Waals surface area contributed by atoms with Crippen LogP contribution in [0.5, 0.6) is 0 Å². The van der Waals surface area contributed by atoms with Crippen LogP contribution in [0.25, 0.3) is 0 Å². The summed E-state index contributed by atoms with van der Waals surface area (Å²) in [6, 6.07) is 0. The van der Waals surface area contributed by atoms with Gasteiger partial charge in [0.25, 0.3) is 0 Å². The van der Waals surface area contributed by atoms with Gasteiger partial charge in [0.05, 0.1) is 6.54 Å². The molecule has 16 heavy (non-hydrogen) atoms. The molecule has 2 rings (SSSR count). The molecule has 1 N–H and O–H groups in total. The Morgan fingerprint density at radius 1 is 1.44 bits per heavy atom. The van der Waals surface area contributed by atoms with Crippen molar-refractivity contribution in [3.05, 3.63) is 11.7 Å². The van der Waals surface area contributed by atoms with Gasteiger partial charge in [-0.05, 0) is 36.8 Å². The van der Waals surface area contributed by atoms with E-state index in [1.807, 2.05) is 11.8 Å². The number of nitrogens with zero attached hydrogens (tertiary/aromatic N) is 2. The van der Waals surface area contributed by atoms with Crippen LogP contribution < -0.4 is 5.32 Å². The molecule has 0 atom stereocenters. The van der Waals surface area contributed by atoms with Crippen LogP contribution in [-0.4, -0.2) is 28.2 Å². The van der Waals surface area contributed by atoms with E-state index in [1.165, 1.54) is 24.3 Å². The molecule has 2 heterocycles. The van der Waals surface area contributed by atoms with E-state index < -0.39 is 0 Å². The fourth-order valence-corrected chi connectivity index (χ4v) is 3.08. The van der Waals surface area contributed by atoms with Gasteiger partial charge < -0.3 is 9.84 Å². The van der Waals surface area contributed by atoms with E-state index in [2.05, 4.69) is 22.4 Å². The Hall–Kier alpha value is -0.550. The third kappa shape index (κ3) is 3.49. The van der Waals surface area contributed by atoms with Gasteiger partial charge in [-0.25, -0.2) is 0 Å². The monoisotopic (exact) mass is 241 g/mol. The highest BCUT2D eigenvalue weighted by molar-refractivity contribution is 7.99. The van der Waals surface area contributed by atoms with E-state index in [0.717, 1.165) is 30.6 Å². The first-order valence-electron chi connectivity index (χ1n) is 5.98. The average Bonchev–Trinajstić information content (AvgIpc) is 2.75. The van der Waals surface area contributed by atoms with E-state index in [-0.39, 0.29) is 0 Å². The molecule has 0 aliphatic carbocycles. The second kappa shape index (κ2) is 6.25. The fraction of sp³-hybridized carbons (Fsp3) is 0.818. The van der Waals surface area contributed by atoms with Gasteiger partial charge in [-0.1, -0.05) is 12.1 Å². The Balaban J connectivity index is 1.81. The smallest absolute Gasteiger partial charge is 0.226 e. The molecule has 0 saturated carbocycles. The Kier molecular flexibility index (Phi) is 4.66. The van der Waals surface area contributed by atoms with Crippen LogP contribution >= 0.6 is 11.8 Å². The van der Waals surface area contributed by atoms with Crippen LogP contribution in [0.2, 0.25) is 0 Å². The van der Waals surface area contributed by atoms with Gasteiger partial charge in [0, 0.05) is 6.42 Å². The maximum atomic E-state index is 5.26. The van der Waals surface area contributed by atoms with Crippen molar-refractivity contribution in [1.82, 2.24) is 15.5 Å². The number of thioether (sulfide) groups is 1. The number of hydrogen-bond donors (Lipinski definition) is 1. The molecular formula is C11H19N3OS. The molecule has 90 valence electrons. The first-order valence-corrected chi connectivity index (χ1v) is 7.14. The lowest BCUT2D eigenvalue weighted by atomic mass is 9.99. The minimum absolute atomic E-state index is 0.709. The van der Waals surface area contributed by atoms with Gasteiger partial charge in [-0.3, -0.25) is 0 Å². The minimum atomic E-state index is 0.709. The lowest BCUT2D eigenvalue weighted by Gasteiger charge is -2.19. The molecule has 0 unspecified atom stereocenters. The quantitative estimate of drug-likeness (QED) is 0.853. The van der Waals surface area contributed by atoms with Crippen LogP contribution in [0.1, 0.15) is 31.5 Å². The van der Waals surface area contributed by atoms with Crippen molar-refractivity contribution in [1.29, 1.82) is 0 Å². The zero-order chi connectivity index (χ0) is 11.2. The predicted molar refractivity (Wildman–Crippen MR) is 65.4 cm³/mol. The molecule has 1 aliphatic rings. The summed E-state index contributed by atoms with van der Waals surface area (Å²) in [6.45, 7) is 3.71. The molecule has 0 spiro atoms. The summed E-state index contributed by atoms with van der Waals surface area (Å²) in [5.41, 5.74) is 0. The molecule has 4 nitrogen and oxygen atoms in total. The first-order chi connectivity index (χ1) is 7.88. The van der Waals surface area contributed by atoms with E-state index >= 15 is 0 Å². The van der Waals surface area contributed by atoms with Gasteiger partial charge >= 0.3 is 0 Å². The van der Waals surface area contributed by atoms with Crippen molar-refractivity contribution in [2.45, 2.75) is 32.7 Å². The highest BCUT2D eigenvalue weighted by Crippen LogP contribution is 2.25. The third-order valence-corrected chi connectivity index (χ3v) is 3.90. The van der Waals surface area contributed by atoms with Crippen molar-refractivity contribution in [2.75, 3.05) is 18.1 Å². The molecule has 1 aromatic rings. The Labute approximate surface area is 101 Å². The van der Waals surface area contributed by atoms with E-state index in [9.17, 15) is 0 Å². The topological polar surface area (TPSA) is 51.0 Å². The van der Waals surface area contributed by atoms with Crippen LogP contribution in [0.15, 0.2) is 4.52 Å². The summed E-state index contributed by atoms with van der Waals surface area (Å²) in [5.74, 6) is 4.90. The minimum Gasteiger partial charge on any atom is -0.339 e. The zero-order valence-electron chi connectivity index (χ0n) is 9.74. The average molecular weight is 241 g/mol. The summed E-state index contributed by atoms with van der Waals surface area (Å²) in [5, 5.41) is 7.16. The van der Waals surface area contributed by atoms with Gasteiger partial charge in [0.1, 0.15) is 0 Å². The summed E-state index contributed by atoms with van der Waals surface area (Å²) >= 11 is 2.05. The summed E-state index contributed by atoms with van der Waals surface area (Å²) in [6.07, 6.45) is 3.53. The van der Waals surface area contributed by atoms with Crippen LogP contribution in [0, 0.1) is 5.92 Å².